The number of rotatable bonds is 5. The monoisotopic (exact) mass is 373 g/mol. The van der Waals surface area contributed by atoms with Crippen LogP contribution in [0.3, 0.4) is 0 Å². The van der Waals surface area contributed by atoms with Crippen LogP contribution in [0, 0.1) is 0 Å². The number of hydrogen-bond acceptors (Lipinski definition) is 4. The molecule has 0 saturated carbocycles. The van der Waals surface area contributed by atoms with E-state index in [1.165, 1.54) is 7.11 Å². The molecule has 0 fully saturated rings. The van der Waals surface area contributed by atoms with Gasteiger partial charge in [-0.2, -0.15) is 0 Å². The van der Waals surface area contributed by atoms with E-state index >= 15 is 0 Å². The summed E-state index contributed by atoms with van der Waals surface area (Å²) >= 11 is 11.8. The van der Waals surface area contributed by atoms with Crippen molar-refractivity contribution < 1.29 is 17.9 Å². The molecule has 0 heterocycles. The summed E-state index contributed by atoms with van der Waals surface area (Å²) in [4.78, 5) is 11.9. The summed E-state index contributed by atoms with van der Waals surface area (Å²) in [6.07, 6.45) is 0. The molecule has 0 aliphatic heterocycles. The number of nitrogens with one attached hydrogen (secondary N) is 1. The quantitative estimate of drug-likeness (QED) is 0.804. The summed E-state index contributed by atoms with van der Waals surface area (Å²) < 4.78 is 27.7. The van der Waals surface area contributed by atoms with Crippen molar-refractivity contribution in [1.29, 1.82) is 0 Å². The van der Waals surface area contributed by atoms with Gasteiger partial charge in [0.1, 0.15) is 0 Å². The molecule has 9 heteroatoms. The molecule has 0 aromatic heterocycles. The largest absolute Gasteiger partial charge is 0.382 e. The van der Waals surface area contributed by atoms with E-state index in [0.717, 1.165) is 12.1 Å². The molecular formula is C12H14Cl3NO4S. The Bertz CT molecular complexity index is 659. The van der Waals surface area contributed by atoms with Gasteiger partial charge in [-0.15, -0.1) is 0 Å². The normalized spacial score (nSPS) is 12.3. The maximum absolute atomic E-state index is 12.2. The van der Waals surface area contributed by atoms with Crippen molar-refractivity contribution in [2.75, 3.05) is 13.7 Å². The zero-order valence-corrected chi connectivity index (χ0v) is 14.6. The minimum absolute atomic E-state index is 0.0496. The van der Waals surface area contributed by atoms with Crippen molar-refractivity contribution in [1.82, 2.24) is 5.32 Å². The van der Waals surface area contributed by atoms with Crippen LogP contribution < -0.4 is 5.32 Å². The highest BCUT2D eigenvalue weighted by Crippen LogP contribution is 2.31. The summed E-state index contributed by atoms with van der Waals surface area (Å²) in [5.41, 5.74) is -0.745. The molecule has 1 rings (SSSR count). The molecule has 118 valence electrons. The molecule has 1 N–H and O–H groups in total. The predicted octanol–water partition coefficient (Wildman–Crippen LogP) is 3.08. The fraction of sp³-hybridized carbons (Fsp3) is 0.417. The van der Waals surface area contributed by atoms with Crippen LogP contribution in [-0.2, 0) is 13.8 Å². The van der Waals surface area contributed by atoms with Gasteiger partial charge in [-0.05, 0) is 26.0 Å². The van der Waals surface area contributed by atoms with Gasteiger partial charge < -0.3 is 10.1 Å². The third-order valence-corrected chi connectivity index (χ3v) is 4.62. The Morgan fingerprint density at radius 3 is 2.38 bits per heavy atom. The van der Waals surface area contributed by atoms with Crippen molar-refractivity contribution in [2.24, 2.45) is 0 Å². The third kappa shape index (κ3) is 5.00. The first-order valence-electron chi connectivity index (χ1n) is 5.73. The number of ether oxygens (including phenoxy) is 1. The van der Waals surface area contributed by atoms with E-state index < -0.39 is 20.5 Å². The van der Waals surface area contributed by atoms with Crippen LogP contribution in [-0.4, -0.2) is 33.6 Å². The first kappa shape index (κ1) is 18.5. The Hall–Kier alpha value is -0.530. The van der Waals surface area contributed by atoms with Gasteiger partial charge in [-0.25, -0.2) is 8.42 Å². The maximum atomic E-state index is 12.2. The fourth-order valence-corrected chi connectivity index (χ4v) is 2.91. The van der Waals surface area contributed by atoms with Crippen molar-refractivity contribution in [2.45, 2.75) is 24.3 Å². The highest BCUT2D eigenvalue weighted by molar-refractivity contribution is 8.13. The van der Waals surface area contributed by atoms with E-state index in [2.05, 4.69) is 5.32 Å². The summed E-state index contributed by atoms with van der Waals surface area (Å²) in [6.45, 7) is 3.75. The first-order valence-corrected chi connectivity index (χ1v) is 8.79. The van der Waals surface area contributed by atoms with E-state index in [-0.39, 0.29) is 27.1 Å². The SMILES string of the molecule is COCC(C)(C)NC(=O)c1cc(S(=O)(=O)Cl)cc(Cl)c1Cl. The van der Waals surface area contributed by atoms with Crippen LogP contribution in [0.2, 0.25) is 10.0 Å². The number of halogens is 3. The number of amides is 1. The zero-order valence-electron chi connectivity index (χ0n) is 11.5. The second-order valence-electron chi connectivity index (χ2n) is 4.98. The van der Waals surface area contributed by atoms with Crippen molar-refractivity contribution >= 4 is 48.8 Å². The summed E-state index contributed by atoms with van der Waals surface area (Å²) in [6, 6.07) is 2.16. The molecule has 0 spiro atoms. The Balaban J connectivity index is 3.24. The molecule has 1 amide bonds. The van der Waals surface area contributed by atoms with Crippen molar-refractivity contribution in [3.8, 4) is 0 Å². The van der Waals surface area contributed by atoms with Gasteiger partial charge >= 0.3 is 0 Å². The van der Waals surface area contributed by atoms with E-state index in [4.69, 9.17) is 38.6 Å². The lowest BCUT2D eigenvalue weighted by Crippen LogP contribution is -2.46. The topological polar surface area (TPSA) is 72.5 Å². The Morgan fingerprint density at radius 1 is 1.33 bits per heavy atom. The van der Waals surface area contributed by atoms with Crippen LogP contribution in [0.4, 0.5) is 0 Å². The van der Waals surface area contributed by atoms with Gasteiger partial charge in [-0.3, -0.25) is 4.79 Å². The van der Waals surface area contributed by atoms with E-state index in [0.29, 0.717) is 0 Å². The van der Waals surface area contributed by atoms with Gasteiger partial charge in [-0.1, -0.05) is 23.2 Å². The molecule has 5 nitrogen and oxygen atoms in total. The van der Waals surface area contributed by atoms with Crippen molar-refractivity contribution in [3.05, 3.63) is 27.7 Å². The minimum atomic E-state index is -4.03. The van der Waals surface area contributed by atoms with Gasteiger partial charge in [0, 0.05) is 17.8 Å². The highest BCUT2D eigenvalue weighted by atomic mass is 35.7. The summed E-state index contributed by atoms with van der Waals surface area (Å²) in [5, 5.41) is 2.55. The zero-order chi connectivity index (χ0) is 16.4. The molecule has 1 aromatic carbocycles. The Kier molecular flexibility index (Phi) is 5.91. The first-order chi connectivity index (χ1) is 9.48. The van der Waals surface area contributed by atoms with Gasteiger partial charge in [0.05, 0.1) is 32.7 Å². The lowest BCUT2D eigenvalue weighted by atomic mass is 10.1. The molecule has 0 radical (unpaired) electrons. The van der Waals surface area contributed by atoms with Crippen LogP contribution in [0.1, 0.15) is 24.2 Å². The molecule has 0 aliphatic rings. The second kappa shape index (κ2) is 6.71. The van der Waals surface area contributed by atoms with Crippen molar-refractivity contribution in [3.63, 3.8) is 0 Å². The molecule has 0 unspecified atom stereocenters. The highest BCUT2D eigenvalue weighted by Gasteiger charge is 2.25. The molecule has 0 aliphatic carbocycles. The summed E-state index contributed by atoms with van der Waals surface area (Å²) in [7, 11) is 2.73. The average Bonchev–Trinajstić information content (AvgIpc) is 2.29. The smallest absolute Gasteiger partial charge is 0.261 e. The van der Waals surface area contributed by atoms with E-state index in [9.17, 15) is 13.2 Å². The van der Waals surface area contributed by atoms with Crippen LogP contribution >= 0.6 is 33.9 Å². The molecule has 1 aromatic rings. The van der Waals surface area contributed by atoms with Crippen LogP contribution in [0.25, 0.3) is 0 Å². The number of benzene rings is 1. The Labute approximate surface area is 137 Å². The molecular weight excluding hydrogens is 361 g/mol. The lowest BCUT2D eigenvalue weighted by Gasteiger charge is -2.25. The lowest BCUT2D eigenvalue weighted by molar-refractivity contribution is 0.0820. The third-order valence-electron chi connectivity index (χ3n) is 2.48. The molecule has 0 bridgehead atoms. The van der Waals surface area contributed by atoms with Gasteiger partial charge in [0.15, 0.2) is 0 Å². The molecule has 0 saturated heterocycles. The van der Waals surface area contributed by atoms with E-state index in [1.54, 1.807) is 13.8 Å². The standard InChI is InChI=1S/C12H14Cl3NO4S/c1-12(2,6-20-3)16-11(17)8-4-7(21(15,18)19)5-9(13)10(8)14/h4-5H,6H2,1-3H3,(H,16,17). The second-order valence-corrected chi connectivity index (χ2v) is 8.33. The summed E-state index contributed by atoms with van der Waals surface area (Å²) in [5.74, 6) is -0.578. The molecule has 21 heavy (non-hydrogen) atoms. The fourth-order valence-electron chi connectivity index (χ4n) is 1.64. The predicted molar refractivity (Wildman–Crippen MR) is 82.9 cm³/mol. The molecule has 0 atom stereocenters. The maximum Gasteiger partial charge on any atom is 0.261 e. The number of carbonyl (C=O) groups is 1. The van der Waals surface area contributed by atoms with Crippen LogP contribution in [0.5, 0.6) is 0 Å². The Morgan fingerprint density at radius 2 is 1.90 bits per heavy atom. The number of hydrogen-bond donors (Lipinski definition) is 1. The average molecular weight is 375 g/mol. The minimum Gasteiger partial charge on any atom is -0.382 e. The van der Waals surface area contributed by atoms with Gasteiger partial charge in [0.25, 0.3) is 15.0 Å². The number of methoxy groups -OCH3 is 1. The number of carbonyl (C=O) groups excluding carboxylic acids is 1. The van der Waals surface area contributed by atoms with Crippen LogP contribution in [0.15, 0.2) is 17.0 Å². The van der Waals surface area contributed by atoms with E-state index in [1.807, 2.05) is 0 Å². The van der Waals surface area contributed by atoms with Gasteiger partial charge in [0.2, 0.25) is 0 Å².